The summed E-state index contributed by atoms with van der Waals surface area (Å²) in [5.74, 6) is 1.02. The van der Waals surface area contributed by atoms with Gasteiger partial charge in [0.15, 0.2) is 0 Å². The van der Waals surface area contributed by atoms with Crippen molar-refractivity contribution in [1.29, 1.82) is 0 Å². The number of nitrogens with zero attached hydrogens (tertiary/aromatic N) is 2. The van der Waals surface area contributed by atoms with Crippen LogP contribution in [0.3, 0.4) is 0 Å². The molecule has 0 atom stereocenters. The number of aldehydes is 1. The van der Waals surface area contributed by atoms with Gasteiger partial charge in [0.2, 0.25) is 5.43 Å². The minimum Gasteiger partial charge on any atom is -0.358 e. The molecule has 1 aromatic heterocycles. The lowest BCUT2D eigenvalue weighted by Crippen LogP contribution is -2.21. The summed E-state index contributed by atoms with van der Waals surface area (Å²) in [5, 5.41) is 4.85. The predicted molar refractivity (Wildman–Crippen MR) is 92.0 cm³/mol. The molecule has 0 aliphatic carbocycles. The molecule has 0 amide bonds. The second-order valence-electron chi connectivity index (χ2n) is 6.00. The Morgan fingerprint density at radius 2 is 2.00 bits per heavy atom. The van der Waals surface area contributed by atoms with Crippen molar-refractivity contribution >= 4 is 27.2 Å². The summed E-state index contributed by atoms with van der Waals surface area (Å²) in [5.41, 5.74) is 0.807. The van der Waals surface area contributed by atoms with Gasteiger partial charge < -0.3 is 9.53 Å². The van der Waals surface area contributed by atoms with E-state index in [1.807, 2.05) is 18.2 Å². The summed E-state index contributed by atoms with van der Waals surface area (Å²) in [6, 6.07) is 7.26. The largest absolute Gasteiger partial charge is 0.358 e. The number of rotatable bonds is 7. The lowest BCUT2D eigenvalue weighted by Gasteiger charge is -2.24. The average molecular weight is 322 g/mol. The van der Waals surface area contributed by atoms with E-state index in [2.05, 4.69) is 23.9 Å². The summed E-state index contributed by atoms with van der Waals surface area (Å²) in [7, 11) is -0.596. The lowest BCUT2D eigenvalue weighted by atomic mass is 10.2. The van der Waals surface area contributed by atoms with E-state index in [0.717, 1.165) is 11.3 Å². The predicted octanol–water partition coefficient (Wildman–Crippen LogP) is 1.81. The van der Waals surface area contributed by atoms with Crippen LogP contribution in [0, 0.1) is 0 Å². The van der Waals surface area contributed by atoms with E-state index in [9.17, 15) is 9.59 Å². The molecule has 0 radical (unpaired) electrons. The molecule has 0 bridgehead atoms. The summed E-state index contributed by atoms with van der Waals surface area (Å²) < 4.78 is 7.37. The van der Waals surface area contributed by atoms with Crippen LogP contribution in [0.4, 0.5) is 0 Å². The molecule has 0 saturated heterocycles. The van der Waals surface area contributed by atoms with Gasteiger partial charge in [-0.05, 0) is 30.9 Å². The van der Waals surface area contributed by atoms with Crippen molar-refractivity contribution in [1.82, 2.24) is 9.78 Å². The Hall–Kier alpha value is -1.66. The van der Waals surface area contributed by atoms with Gasteiger partial charge in [-0.1, -0.05) is 12.1 Å². The highest BCUT2D eigenvalue weighted by Crippen LogP contribution is 2.33. The number of para-hydroxylation sites is 1. The molecular weight excluding hydrogens is 300 g/mol. The van der Waals surface area contributed by atoms with Crippen molar-refractivity contribution in [3.63, 3.8) is 0 Å². The molecule has 2 aromatic rings. The number of hydrogen-bond donors (Lipinski definition) is 0. The fourth-order valence-electron chi connectivity index (χ4n) is 2.06. The van der Waals surface area contributed by atoms with Crippen LogP contribution < -0.4 is 5.43 Å². The van der Waals surface area contributed by atoms with E-state index in [0.29, 0.717) is 18.3 Å². The molecule has 0 aliphatic rings. The number of benzene rings is 1. The van der Waals surface area contributed by atoms with Crippen LogP contribution in [0.5, 0.6) is 0 Å². The van der Waals surface area contributed by atoms with Gasteiger partial charge in [0, 0.05) is 11.1 Å². The van der Waals surface area contributed by atoms with Gasteiger partial charge in [-0.3, -0.25) is 4.79 Å². The fourth-order valence-corrected chi connectivity index (χ4v) is 2.68. The number of aromatic nitrogens is 2. The van der Waals surface area contributed by atoms with Gasteiger partial charge in [-0.15, -0.1) is 0 Å². The zero-order chi connectivity index (χ0) is 16.2. The molecule has 0 N–H and O–H groups in total. The van der Waals surface area contributed by atoms with E-state index in [1.54, 1.807) is 10.7 Å². The summed E-state index contributed by atoms with van der Waals surface area (Å²) in [4.78, 5) is 23.0. The molecule has 22 heavy (non-hydrogen) atoms. The smallest absolute Gasteiger partial charge is 0.211 e. The van der Waals surface area contributed by atoms with E-state index in [1.165, 1.54) is 0 Å². The zero-order valence-corrected chi connectivity index (χ0v) is 14.1. The first-order valence-corrected chi connectivity index (χ1v) is 10.1. The van der Waals surface area contributed by atoms with E-state index < -0.39 is 10.0 Å². The summed E-state index contributed by atoms with van der Waals surface area (Å²) in [6.07, 6.45) is 7.45. The van der Waals surface area contributed by atoms with E-state index in [4.69, 9.17) is 4.74 Å². The summed E-state index contributed by atoms with van der Waals surface area (Å²) >= 11 is 0. The molecule has 0 unspecified atom stereocenters. The maximum atomic E-state index is 12.3. The molecule has 0 aliphatic heterocycles. The van der Waals surface area contributed by atoms with Crippen molar-refractivity contribution < 1.29 is 9.53 Å². The molecule has 0 fully saturated rings. The Balaban J connectivity index is 2.26. The SMILES string of the molecule is CS(C)(C)CCOCn1nc(CC=O)c(=O)c2ccccc21. The maximum absolute atomic E-state index is 12.3. The van der Waals surface area contributed by atoms with Gasteiger partial charge >= 0.3 is 0 Å². The van der Waals surface area contributed by atoms with Crippen LogP contribution in [0.15, 0.2) is 29.1 Å². The van der Waals surface area contributed by atoms with E-state index >= 15 is 0 Å². The molecule has 6 heteroatoms. The second-order valence-corrected chi connectivity index (χ2v) is 10.6. The van der Waals surface area contributed by atoms with E-state index in [-0.39, 0.29) is 24.3 Å². The summed E-state index contributed by atoms with van der Waals surface area (Å²) in [6.45, 7) is 0.937. The van der Waals surface area contributed by atoms with Gasteiger partial charge in [0.05, 0.1) is 18.5 Å². The van der Waals surface area contributed by atoms with Crippen LogP contribution in [0.1, 0.15) is 5.69 Å². The number of carbonyl (C=O) groups excluding carboxylic acids is 1. The molecule has 0 saturated carbocycles. The molecule has 1 aromatic carbocycles. The van der Waals surface area contributed by atoms with Crippen molar-refractivity contribution in [3.05, 3.63) is 40.2 Å². The van der Waals surface area contributed by atoms with Gasteiger partial charge in [-0.2, -0.15) is 5.10 Å². The highest BCUT2D eigenvalue weighted by molar-refractivity contribution is 8.32. The number of ether oxygens (including phenoxy) is 1. The lowest BCUT2D eigenvalue weighted by molar-refractivity contribution is -0.107. The van der Waals surface area contributed by atoms with Crippen molar-refractivity contribution in [3.8, 4) is 0 Å². The monoisotopic (exact) mass is 322 g/mol. The minimum absolute atomic E-state index is 0.0236. The third kappa shape index (κ3) is 4.18. The Labute approximate surface area is 131 Å². The van der Waals surface area contributed by atoms with Crippen LogP contribution in [0.2, 0.25) is 0 Å². The molecule has 0 spiro atoms. The fraction of sp³-hybridized carbons (Fsp3) is 0.438. The van der Waals surface area contributed by atoms with Gasteiger partial charge in [-0.25, -0.2) is 14.7 Å². The minimum atomic E-state index is -0.596. The van der Waals surface area contributed by atoms with Crippen LogP contribution in [-0.2, 0) is 22.7 Å². The maximum Gasteiger partial charge on any atom is 0.211 e. The van der Waals surface area contributed by atoms with Gasteiger partial charge in [0.1, 0.15) is 18.7 Å². The van der Waals surface area contributed by atoms with Crippen LogP contribution in [-0.4, -0.2) is 47.2 Å². The molecule has 120 valence electrons. The Morgan fingerprint density at radius 3 is 2.68 bits per heavy atom. The standard InChI is InChI=1S/C16H22N2O3S/c1-22(2,3)11-10-21-12-18-15-7-5-4-6-13(15)16(20)14(17-18)8-9-19/h4-7,9H,8,10-12H2,1-3H3. The van der Waals surface area contributed by atoms with Gasteiger partial charge in [0.25, 0.3) is 0 Å². The molecule has 1 heterocycles. The van der Waals surface area contributed by atoms with Crippen LogP contribution in [0.25, 0.3) is 10.9 Å². The zero-order valence-electron chi connectivity index (χ0n) is 13.2. The Kier molecular flexibility index (Phi) is 5.37. The Morgan fingerprint density at radius 1 is 1.27 bits per heavy atom. The topological polar surface area (TPSA) is 61.2 Å². The first-order valence-electron chi connectivity index (χ1n) is 7.08. The average Bonchev–Trinajstić information content (AvgIpc) is 2.47. The Bertz CT molecular complexity index is 719. The van der Waals surface area contributed by atoms with Crippen molar-refractivity contribution in [2.45, 2.75) is 13.2 Å². The molecular formula is C16H22N2O3S. The normalized spacial score (nSPS) is 12.5. The van der Waals surface area contributed by atoms with Crippen molar-refractivity contribution in [2.75, 3.05) is 31.1 Å². The number of fused-ring (bicyclic) bond motifs is 1. The number of hydrogen-bond acceptors (Lipinski definition) is 4. The first-order chi connectivity index (χ1) is 10.4. The van der Waals surface area contributed by atoms with Crippen molar-refractivity contribution in [2.24, 2.45) is 0 Å². The third-order valence-corrected chi connectivity index (χ3v) is 4.65. The first kappa shape index (κ1) is 16.7. The highest BCUT2D eigenvalue weighted by atomic mass is 32.3. The third-order valence-electron chi connectivity index (χ3n) is 3.26. The number of carbonyl (C=O) groups is 1. The second kappa shape index (κ2) is 7.07. The van der Waals surface area contributed by atoms with Crippen LogP contribution >= 0.6 is 10.0 Å². The highest BCUT2D eigenvalue weighted by Gasteiger charge is 2.10. The molecule has 2 rings (SSSR count). The molecule has 5 nitrogen and oxygen atoms in total. The quantitative estimate of drug-likeness (QED) is 0.576.